The molecule has 1 aliphatic heterocycles. The topological polar surface area (TPSA) is 98.4 Å². The number of halogens is 2. The Bertz CT molecular complexity index is 1420. The van der Waals surface area contributed by atoms with Crippen LogP contribution in [0.15, 0.2) is 48.7 Å². The van der Waals surface area contributed by atoms with Crippen molar-refractivity contribution < 1.29 is 18.3 Å². The smallest absolute Gasteiger partial charge is 0.163 e. The molecule has 0 atom stereocenters. The minimum atomic E-state index is -0.420. The second-order valence-corrected chi connectivity index (χ2v) is 9.57. The standard InChI is InChI=1S/C27H28F2N6O2S/c1-36-23-15-22-20(14-19(23)18-4-2-5-21(25(18)29)34-38-13-3-8-28)27(35-9-11-37-12-10-35)33-26(32-22)17-6-7-24(30)31-16-17/h2,4-7,14-16,34H,3,8-13H2,1H3,(H2,30,31). The van der Waals surface area contributed by atoms with Crippen LogP contribution in [0.25, 0.3) is 33.4 Å². The summed E-state index contributed by atoms with van der Waals surface area (Å²) in [6, 6.07) is 12.4. The molecule has 0 amide bonds. The molecule has 198 valence electrons. The molecule has 1 saturated heterocycles. The number of nitrogens with two attached hydrogens (primary N) is 1. The van der Waals surface area contributed by atoms with E-state index in [1.807, 2.05) is 12.1 Å². The van der Waals surface area contributed by atoms with Gasteiger partial charge in [-0.25, -0.2) is 19.3 Å². The van der Waals surface area contributed by atoms with Crippen molar-refractivity contribution in [1.82, 2.24) is 15.0 Å². The van der Waals surface area contributed by atoms with Gasteiger partial charge in [-0.05, 0) is 30.7 Å². The summed E-state index contributed by atoms with van der Waals surface area (Å²) < 4.78 is 42.4. The van der Waals surface area contributed by atoms with E-state index in [9.17, 15) is 4.39 Å². The third-order valence-corrected chi connectivity index (χ3v) is 7.06. The van der Waals surface area contributed by atoms with Crippen LogP contribution in [0.2, 0.25) is 0 Å². The molecule has 11 heteroatoms. The first-order chi connectivity index (χ1) is 18.6. The van der Waals surface area contributed by atoms with Gasteiger partial charge < -0.3 is 24.8 Å². The Morgan fingerprint density at radius 3 is 2.71 bits per heavy atom. The highest BCUT2D eigenvalue weighted by molar-refractivity contribution is 8.00. The van der Waals surface area contributed by atoms with Crippen molar-refractivity contribution in [3.8, 4) is 28.3 Å². The highest BCUT2D eigenvalue weighted by atomic mass is 32.2. The number of anilines is 3. The molecule has 1 fully saturated rings. The lowest BCUT2D eigenvalue weighted by Crippen LogP contribution is -2.37. The number of aromatic nitrogens is 3. The first-order valence-electron chi connectivity index (χ1n) is 12.3. The van der Waals surface area contributed by atoms with Gasteiger partial charge in [0.1, 0.15) is 17.4 Å². The quantitative estimate of drug-likeness (QED) is 0.216. The van der Waals surface area contributed by atoms with Crippen molar-refractivity contribution in [3.63, 3.8) is 0 Å². The number of hydrogen-bond acceptors (Lipinski definition) is 9. The summed E-state index contributed by atoms with van der Waals surface area (Å²) in [6.45, 7) is 2.08. The molecule has 2 aromatic heterocycles. The SMILES string of the molecule is COc1cc2nc(-c3ccc(N)nc3)nc(N3CCOCC3)c2cc1-c1cccc(NSCCCF)c1F. The van der Waals surface area contributed by atoms with E-state index in [2.05, 4.69) is 14.6 Å². The van der Waals surface area contributed by atoms with Crippen molar-refractivity contribution >= 4 is 40.2 Å². The van der Waals surface area contributed by atoms with E-state index in [1.165, 1.54) is 11.9 Å². The van der Waals surface area contributed by atoms with Crippen molar-refractivity contribution in [3.05, 3.63) is 54.5 Å². The van der Waals surface area contributed by atoms with Gasteiger partial charge in [0, 0.05) is 53.2 Å². The fraction of sp³-hybridized carbons (Fsp3) is 0.296. The van der Waals surface area contributed by atoms with Crippen molar-refractivity contribution in [1.29, 1.82) is 0 Å². The summed E-state index contributed by atoms with van der Waals surface area (Å²) in [5.74, 6) is 2.23. The lowest BCUT2D eigenvalue weighted by molar-refractivity contribution is 0.122. The maximum absolute atomic E-state index is 15.7. The van der Waals surface area contributed by atoms with Crippen molar-refractivity contribution in [2.75, 3.05) is 61.2 Å². The lowest BCUT2D eigenvalue weighted by Gasteiger charge is -2.29. The molecule has 1 aliphatic rings. The van der Waals surface area contributed by atoms with E-state index in [0.717, 1.165) is 16.8 Å². The summed E-state index contributed by atoms with van der Waals surface area (Å²) in [6.07, 6.45) is 2.04. The molecule has 3 heterocycles. The number of hydrogen-bond donors (Lipinski definition) is 2. The fourth-order valence-corrected chi connectivity index (χ4v) is 4.95. The maximum Gasteiger partial charge on any atom is 0.163 e. The molecule has 0 aliphatic carbocycles. The number of methoxy groups -OCH3 is 1. The van der Waals surface area contributed by atoms with E-state index in [4.69, 9.17) is 25.2 Å². The highest BCUT2D eigenvalue weighted by Crippen LogP contribution is 2.40. The van der Waals surface area contributed by atoms with Gasteiger partial charge in [-0.1, -0.05) is 24.1 Å². The zero-order valence-corrected chi connectivity index (χ0v) is 21.7. The van der Waals surface area contributed by atoms with Crippen molar-refractivity contribution in [2.45, 2.75) is 6.42 Å². The van der Waals surface area contributed by atoms with Gasteiger partial charge >= 0.3 is 0 Å². The third kappa shape index (κ3) is 5.44. The maximum atomic E-state index is 15.7. The number of fused-ring (bicyclic) bond motifs is 1. The molecule has 0 bridgehead atoms. The number of rotatable bonds is 9. The number of nitrogens with zero attached hydrogens (tertiary/aromatic N) is 4. The number of nitrogen functional groups attached to an aromatic ring is 1. The number of nitrogens with one attached hydrogen (secondary N) is 1. The fourth-order valence-electron chi connectivity index (χ4n) is 4.28. The summed E-state index contributed by atoms with van der Waals surface area (Å²) >= 11 is 1.27. The summed E-state index contributed by atoms with van der Waals surface area (Å²) in [5, 5.41) is 0.768. The number of benzene rings is 2. The molecular formula is C27H28F2N6O2S. The summed E-state index contributed by atoms with van der Waals surface area (Å²) in [7, 11) is 1.55. The Labute approximate surface area is 223 Å². The third-order valence-electron chi connectivity index (χ3n) is 6.20. The number of morpholine rings is 1. The molecule has 3 N–H and O–H groups in total. The molecule has 4 aromatic rings. The van der Waals surface area contributed by atoms with Gasteiger partial charge in [0.25, 0.3) is 0 Å². The van der Waals surface area contributed by atoms with Crippen LogP contribution in [-0.4, -0.2) is 60.8 Å². The predicted octanol–water partition coefficient (Wildman–Crippen LogP) is 5.35. The van der Waals surface area contributed by atoms with E-state index in [1.54, 1.807) is 43.6 Å². The first-order valence-corrected chi connectivity index (χ1v) is 13.2. The number of alkyl halides is 1. The Morgan fingerprint density at radius 1 is 1.13 bits per heavy atom. The first kappa shape index (κ1) is 25.9. The van der Waals surface area contributed by atoms with E-state index in [0.29, 0.717) is 78.2 Å². The zero-order valence-electron chi connectivity index (χ0n) is 20.9. The number of ether oxygens (including phenoxy) is 2. The molecule has 38 heavy (non-hydrogen) atoms. The summed E-state index contributed by atoms with van der Waals surface area (Å²) in [4.78, 5) is 16.0. The average Bonchev–Trinajstić information content (AvgIpc) is 2.95. The molecule has 0 spiro atoms. The monoisotopic (exact) mass is 538 g/mol. The minimum absolute atomic E-state index is 0.323. The average molecular weight is 539 g/mol. The van der Waals surface area contributed by atoms with Crippen molar-refractivity contribution in [2.24, 2.45) is 0 Å². The summed E-state index contributed by atoms with van der Waals surface area (Å²) in [5.41, 5.74) is 8.44. The highest BCUT2D eigenvalue weighted by Gasteiger charge is 2.22. The Hall–Kier alpha value is -3.70. The van der Waals surface area contributed by atoms with E-state index < -0.39 is 12.5 Å². The van der Waals surface area contributed by atoms with Gasteiger partial charge in [-0.2, -0.15) is 0 Å². The van der Waals surface area contributed by atoms with Gasteiger partial charge in [0.05, 0.1) is 38.2 Å². The van der Waals surface area contributed by atoms with Gasteiger partial charge in [0.15, 0.2) is 11.6 Å². The normalized spacial score (nSPS) is 13.6. The van der Waals surface area contributed by atoms with Gasteiger partial charge in [-0.3, -0.25) is 4.39 Å². The van der Waals surface area contributed by atoms with E-state index >= 15 is 4.39 Å². The predicted molar refractivity (Wildman–Crippen MR) is 149 cm³/mol. The minimum Gasteiger partial charge on any atom is -0.496 e. The van der Waals surface area contributed by atoms with Crippen LogP contribution in [-0.2, 0) is 4.74 Å². The largest absolute Gasteiger partial charge is 0.496 e. The molecule has 2 aromatic carbocycles. The molecule has 0 radical (unpaired) electrons. The molecular weight excluding hydrogens is 510 g/mol. The van der Waals surface area contributed by atoms with Crippen LogP contribution >= 0.6 is 11.9 Å². The Morgan fingerprint density at radius 2 is 1.97 bits per heavy atom. The second kappa shape index (κ2) is 11.8. The molecule has 5 rings (SSSR count). The Balaban J connectivity index is 1.64. The van der Waals surface area contributed by atoms with Crippen LogP contribution in [0.5, 0.6) is 5.75 Å². The molecule has 0 saturated carbocycles. The lowest BCUT2D eigenvalue weighted by atomic mass is 10.0. The van der Waals surface area contributed by atoms with Crippen LogP contribution in [0.1, 0.15) is 6.42 Å². The number of pyridine rings is 1. The zero-order chi connectivity index (χ0) is 26.5. The second-order valence-electron chi connectivity index (χ2n) is 8.67. The van der Waals surface area contributed by atoms with E-state index in [-0.39, 0.29) is 0 Å². The van der Waals surface area contributed by atoms with Crippen LogP contribution < -0.4 is 20.1 Å². The van der Waals surface area contributed by atoms with Crippen LogP contribution in [0.3, 0.4) is 0 Å². The van der Waals surface area contributed by atoms with Gasteiger partial charge in [-0.15, -0.1) is 0 Å². The van der Waals surface area contributed by atoms with Gasteiger partial charge in [0.2, 0.25) is 0 Å². The molecule has 0 unspecified atom stereocenters. The Kier molecular flexibility index (Phi) is 8.04. The molecule has 8 nitrogen and oxygen atoms in total. The van der Waals surface area contributed by atoms with Crippen LogP contribution in [0.4, 0.5) is 26.1 Å². The van der Waals surface area contributed by atoms with Crippen LogP contribution in [0, 0.1) is 5.82 Å².